The molecule has 0 aliphatic rings. The lowest BCUT2D eigenvalue weighted by atomic mass is 10.0. The van der Waals surface area contributed by atoms with Crippen LogP contribution in [0.4, 0.5) is 16.5 Å². The number of ether oxygens (including phenoxy) is 1. The van der Waals surface area contributed by atoms with Gasteiger partial charge in [0.1, 0.15) is 5.75 Å². The van der Waals surface area contributed by atoms with Gasteiger partial charge in [-0.05, 0) is 54.8 Å². The van der Waals surface area contributed by atoms with Crippen molar-refractivity contribution >= 4 is 33.8 Å². The van der Waals surface area contributed by atoms with Gasteiger partial charge in [-0.1, -0.05) is 56.5 Å². The number of hydrogen-bond donors (Lipinski definition) is 2. The minimum Gasteiger partial charge on any atom is -0.497 e. The third-order valence-corrected chi connectivity index (χ3v) is 6.53. The van der Waals surface area contributed by atoms with Gasteiger partial charge in [0.15, 0.2) is 5.13 Å². The highest BCUT2D eigenvalue weighted by molar-refractivity contribution is 7.14. The Morgan fingerprint density at radius 2 is 1.74 bits per heavy atom. The standard InChI is InChI=1S/C29H31N3O2S/c1-3-4-5-6-9-21-14-16-22(17-15-21)28(33)30-24-11-7-10-23(18-24)27-20-35-29(32-27)31-25-12-8-13-26(19-25)34-2/h7-8,10-20H,3-6,9H2,1-2H3,(H,30,33)(H,31,32). The summed E-state index contributed by atoms with van der Waals surface area (Å²) in [5, 5.41) is 9.12. The predicted molar refractivity (Wildman–Crippen MR) is 146 cm³/mol. The maximum absolute atomic E-state index is 12.8. The summed E-state index contributed by atoms with van der Waals surface area (Å²) < 4.78 is 5.28. The summed E-state index contributed by atoms with van der Waals surface area (Å²) in [6.07, 6.45) is 6.03. The summed E-state index contributed by atoms with van der Waals surface area (Å²) in [4.78, 5) is 17.5. The second-order valence-electron chi connectivity index (χ2n) is 8.44. The lowest BCUT2D eigenvalue weighted by Crippen LogP contribution is -2.11. The van der Waals surface area contributed by atoms with Gasteiger partial charge in [0.05, 0.1) is 12.8 Å². The topological polar surface area (TPSA) is 63.2 Å². The van der Waals surface area contributed by atoms with Gasteiger partial charge in [0, 0.05) is 33.9 Å². The molecule has 180 valence electrons. The molecule has 3 aromatic carbocycles. The first kappa shape index (κ1) is 24.5. The Morgan fingerprint density at radius 1 is 0.943 bits per heavy atom. The highest BCUT2D eigenvalue weighted by Gasteiger charge is 2.09. The molecule has 0 atom stereocenters. The lowest BCUT2D eigenvalue weighted by Gasteiger charge is -2.08. The molecule has 0 aliphatic heterocycles. The molecular weight excluding hydrogens is 454 g/mol. The second kappa shape index (κ2) is 12.2. The quantitative estimate of drug-likeness (QED) is 0.212. The van der Waals surface area contributed by atoms with Crippen molar-refractivity contribution in [2.45, 2.75) is 39.0 Å². The number of aromatic nitrogens is 1. The number of unbranched alkanes of at least 4 members (excludes halogenated alkanes) is 3. The first-order valence-electron chi connectivity index (χ1n) is 12.0. The molecule has 0 aliphatic carbocycles. The number of carbonyl (C=O) groups excluding carboxylic acids is 1. The molecule has 1 amide bonds. The van der Waals surface area contributed by atoms with Crippen molar-refractivity contribution in [1.82, 2.24) is 4.98 Å². The number of anilines is 3. The predicted octanol–water partition coefficient (Wildman–Crippen LogP) is 7.94. The third kappa shape index (κ3) is 6.93. The number of amides is 1. The van der Waals surface area contributed by atoms with Gasteiger partial charge in [-0.3, -0.25) is 4.79 Å². The van der Waals surface area contributed by atoms with Crippen molar-refractivity contribution in [1.29, 1.82) is 0 Å². The fraction of sp³-hybridized carbons (Fsp3) is 0.241. The van der Waals surface area contributed by atoms with Crippen LogP contribution in [0.25, 0.3) is 11.3 Å². The maximum atomic E-state index is 12.8. The molecule has 5 nitrogen and oxygen atoms in total. The molecule has 0 fully saturated rings. The highest BCUT2D eigenvalue weighted by Crippen LogP contribution is 2.29. The maximum Gasteiger partial charge on any atom is 0.255 e. The number of rotatable bonds is 11. The summed E-state index contributed by atoms with van der Waals surface area (Å²) in [7, 11) is 1.65. The van der Waals surface area contributed by atoms with Gasteiger partial charge in [-0.15, -0.1) is 11.3 Å². The Hall–Kier alpha value is -3.64. The number of aryl methyl sites for hydroxylation is 1. The fourth-order valence-electron chi connectivity index (χ4n) is 3.83. The molecule has 0 unspecified atom stereocenters. The fourth-order valence-corrected chi connectivity index (χ4v) is 4.57. The van der Waals surface area contributed by atoms with Crippen molar-refractivity contribution < 1.29 is 9.53 Å². The van der Waals surface area contributed by atoms with E-state index in [1.54, 1.807) is 7.11 Å². The zero-order chi connectivity index (χ0) is 24.5. The van der Waals surface area contributed by atoms with Crippen LogP contribution in [-0.2, 0) is 6.42 Å². The molecule has 4 rings (SSSR count). The molecule has 4 aromatic rings. The van der Waals surface area contributed by atoms with Crippen LogP contribution in [0.1, 0.15) is 48.5 Å². The first-order chi connectivity index (χ1) is 17.1. The van der Waals surface area contributed by atoms with Crippen LogP contribution in [-0.4, -0.2) is 18.0 Å². The van der Waals surface area contributed by atoms with E-state index in [0.717, 1.165) is 39.9 Å². The molecule has 6 heteroatoms. The second-order valence-corrected chi connectivity index (χ2v) is 9.30. The Labute approximate surface area is 211 Å². The van der Waals surface area contributed by atoms with E-state index in [4.69, 9.17) is 9.72 Å². The molecule has 0 saturated carbocycles. The molecule has 35 heavy (non-hydrogen) atoms. The van der Waals surface area contributed by atoms with E-state index in [-0.39, 0.29) is 5.91 Å². The smallest absolute Gasteiger partial charge is 0.255 e. The number of hydrogen-bond acceptors (Lipinski definition) is 5. The first-order valence-corrected chi connectivity index (χ1v) is 12.9. The molecule has 0 bridgehead atoms. The largest absolute Gasteiger partial charge is 0.497 e. The van der Waals surface area contributed by atoms with Gasteiger partial charge < -0.3 is 15.4 Å². The number of methoxy groups -OCH3 is 1. The number of thiazole rings is 1. The van der Waals surface area contributed by atoms with Crippen molar-refractivity contribution in [2.24, 2.45) is 0 Å². The van der Waals surface area contributed by atoms with Crippen LogP contribution in [0.15, 0.2) is 78.2 Å². The van der Waals surface area contributed by atoms with Gasteiger partial charge >= 0.3 is 0 Å². The Balaban J connectivity index is 1.38. The zero-order valence-electron chi connectivity index (χ0n) is 20.2. The van der Waals surface area contributed by atoms with Gasteiger partial charge in [0.2, 0.25) is 0 Å². The Kier molecular flexibility index (Phi) is 8.52. The summed E-state index contributed by atoms with van der Waals surface area (Å²) >= 11 is 1.53. The highest BCUT2D eigenvalue weighted by atomic mass is 32.1. The number of benzene rings is 3. The van der Waals surface area contributed by atoms with Crippen molar-refractivity contribution in [3.8, 4) is 17.0 Å². The number of nitrogens with zero attached hydrogens (tertiary/aromatic N) is 1. The van der Waals surface area contributed by atoms with Gasteiger partial charge in [-0.25, -0.2) is 4.98 Å². The minimum absolute atomic E-state index is 0.113. The van der Waals surface area contributed by atoms with E-state index in [1.807, 2.05) is 66.0 Å². The number of carbonyl (C=O) groups is 1. The molecule has 1 heterocycles. The van der Waals surface area contributed by atoms with Crippen LogP contribution >= 0.6 is 11.3 Å². The minimum atomic E-state index is -0.113. The van der Waals surface area contributed by atoms with E-state index >= 15 is 0 Å². The van der Waals surface area contributed by atoms with E-state index < -0.39 is 0 Å². The molecule has 0 saturated heterocycles. The van der Waals surface area contributed by atoms with Gasteiger partial charge in [-0.2, -0.15) is 0 Å². The molecular formula is C29H31N3O2S. The third-order valence-electron chi connectivity index (χ3n) is 5.78. The molecule has 0 spiro atoms. The Bertz CT molecular complexity index is 1250. The molecule has 2 N–H and O–H groups in total. The van der Waals surface area contributed by atoms with Crippen LogP contribution in [0.3, 0.4) is 0 Å². The van der Waals surface area contributed by atoms with E-state index in [9.17, 15) is 4.79 Å². The SMILES string of the molecule is CCCCCCc1ccc(C(=O)Nc2cccc(-c3csc(Nc4cccc(OC)c4)n3)c2)cc1. The summed E-state index contributed by atoms with van der Waals surface area (Å²) in [6.45, 7) is 2.22. The van der Waals surface area contributed by atoms with E-state index in [0.29, 0.717) is 5.56 Å². The summed E-state index contributed by atoms with van der Waals surface area (Å²) in [5.41, 5.74) is 5.39. The average molecular weight is 486 g/mol. The van der Waals surface area contributed by atoms with Crippen LogP contribution in [0.2, 0.25) is 0 Å². The summed E-state index contributed by atoms with van der Waals surface area (Å²) in [6, 6.07) is 23.4. The van der Waals surface area contributed by atoms with Crippen molar-refractivity contribution in [3.05, 3.63) is 89.3 Å². The van der Waals surface area contributed by atoms with Crippen LogP contribution in [0, 0.1) is 0 Å². The van der Waals surface area contributed by atoms with E-state index in [1.165, 1.54) is 42.6 Å². The van der Waals surface area contributed by atoms with E-state index in [2.05, 4.69) is 29.7 Å². The Morgan fingerprint density at radius 3 is 2.54 bits per heavy atom. The zero-order valence-corrected chi connectivity index (χ0v) is 21.0. The van der Waals surface area contributed by atoms with Gasteiger partial charge in [0.25, 0.3) is 5.91 Å². The summed E-state index contributed by atoms with van der Waals surface area (Å²) in [5.74, 6) is 0.676. The van der Waals surface area contributed by atoms with Crippen LogP contribution in [0.5, 0.6) is 5.75 Å². The van der Waals surface area contributed by atoms with Crippen molar-refractivity contribution in [2.75, 3.05) is 17.7 Å². The monoisotopic (exact) mass is 485 g/mol. The average Bonchev–Trinajstić information content (AvgIpc) is 3.36. The number of nitrogens with one attached hydrogen (secondary N) is 2. The van der Waals surface area contributed by atoms with Crippen LogP contribution < -0.4 is 15.4 Å². The lowest BCUT2D eigenvalue weighted by molar-refractivity contribution is 0.102. The van der Waals surface area contributed by atoms with Crippen molar-refractivity contribution in [3.63, 3.8) is 0 Å². The molecule has 1 aromatic heterocycles. The normalized spacial score (nSPS) is 10.7. The molecule has 0 radical (unpaired) electrons.